The van der Waals surface area contributed by atoms with Gasteiger partial charge in [0.05, 0.1) is 22.6 Å². The van der Waals surface area contributed by atoms with Crippen molar-refractivity contribution in [2.75, 3.05) is 18.7 Å². The fourth-order valence-electron chi connectivity index (χ4n) is 2.77. The van der Waals surface area contributed by atoms with Gasteiger partial charge in [0.25, 0.3) is 0 Å². The number of carbonyl (C=O) groups excluding carboxylic acids is 2. The van der Waals surface area contributed by atoms with Gasteiger partial charge in [0.15, 0.2) is 0 Å². The van der Waals surface area contributed by atoms with Gasteiger partial charge in [-0.25, -0.2) is 4.98 Å². The first-order chi connectivity index (χ1) is 11.6. The number of thiazole rings is 1. The Kier molecular flexibility index (Phi) is 5.40. The Balaban J connectivity index is 1.68. The van der Waals surface area contributed by atoms with Crippen LogP contribution in [0.2, 0.25) is 0 Å². The summed E-state index contributed by atoms with van der Waals surface area (Å²) in [5.74, 6) is 1.38. The summed E-state index contributed by atoms with van der Waals surface area (Å²) in [5.41, 5.74) is 0.967. The van der Waals surface area contributed by atoms with Gasteiger partial charge in [0.2, 0.25) is 11.8 Å². The van der Waals surface area contributed by atoms with Crippen LogP contribution in [0.25, 0.3) is 10.2 Å². The van der Waals surface area contributed by atoms with Gasteiger partial charge in [-0.1, -0.05) is 19.1 Å². The van der Waals surface area contributed by atoms with Crippen LogP contribution in [-0.4, -0.2) is 51.3 Å². The van der Waals surface area contributed by atoms with Crippen LogP contribution in [0.1, 0.15) is 24.8 Å². The third kappa shape index (κ3) is 3.57. The summed E-state index contributed by atoms with van der Waals surface area (Å²) < 4.78 is 1.13. The molecule has 2 heterocycles. The number of thioether (sulfide) groups is 1. The number of hydrogen-bond acceptors (Lipinski definition) is 5. The van der Waals surface area contributed by atoms with Crippen molar-refractivity contribution in [3.63, 3.8) is 0 Å². The lowest BCUT2D eigenvalue weighted by atomic mass is 10.2. The Morgan fingerprint density at radius 2 is 2.17 bits per heavy atom. The highest BCUT2D eigenvalue weighted by molar-refractivity contribution is 7.99. The minimum Gasteiger partial charge on any atom is -0.337 e. The number of amides is 2. The number of fused-ring (bicyclic) bond motifs is 1. The monoisotopic (exact) mass is 363 g/mol. The van der Waals surface area contributed by atoms with Crippen LogP contribution in [0.4, 0.5) is 0 Å². The summed E-state index contributed by atoms with van der Waals surface area (Å²) in [5, 5.41) is 0.920. The average Bonchev–Trinajstić information content (AvgIpc) is 3.20. The topological polar surface area (TPSA) is 53.5 Å². The number of likely N-dealkylation sites (N-methyl/N-ethyl adjacent to an activating group) is 1. The second kappa shape index (κ2) is 7.53. The van der Waals surface area contributed by atoms with E-state index in [1.165, 1.54) is 0 Å². The molecule has 1 atom stereocenters. The molecule has 0 spiro atoms. The molecule has 1 saturated heterocycles. The zero-order valence-electron chi connectivity index (χ0n) is 13.9. The van der Waals surface area contributed by atoms with E-state index in [0.29, 0.717) is 24.6 Å². The molecule has 3 rings (SSSR count). The maximum absolute atomic E-state index is 12.8. The van der Waals surface area contributed by atoms with Crippen molar-refractivity contribution in [2.45, 2.75) is 32.4 Å². The van der Waals surface area contributed by atoms with Crippen LogP contribution in [0.15, 0.2) is 24.3 Å². The predicted molar refractivity (Wildman–Crippen MR) is 99.0 cm³/mol. The molecule has 1 fully saturated rings. The lowest BCUT2D eigenvalue weighted by molar-refractivity contribution is -0.142. The molecule has 1 aliphatic heterocycles. The van der Waals surface area contributed by atoms with Crippen molar-refractivity contribution in [1.82, 2.24) is 14.8 Å². The van der Waals surface area contributed by atoms with Crippen LogP contribution in [-0.2, 0) is 16.1 Å². The Morgan fingerprint density at radius 3 is 2.92 bits per heavy atom. The standard InChI is InChI=1S/C17H21N3O2S2/c1-3-6-16(21)20-11-23-10-13(20)17(22)19(2)9-15-18-12-7-4-5-8-14(12)24-15/h4-5,7-8,13H,3,6,9-11H2,1-2H3/t13-/m0/s1. The molecule has 5 nitrogen and oxygen atoms in total. The van der Waals surface area contributed by atoms with Gasteiger partial charge in [-0.2, -0.15) is 0 Å². The SMILES string of the molecule is CCCC(=O)N1CSC[C@H]1C(=O)N(C)Cc1nc2ccccc2s1. The highest BCUT2D eigenvalue weighted by atomic mass is 32.2. The molecule has 0 bridgehead atoms. The highest BCUT2D eigenvalue weighted by Gasteiger charge is 2.35. The van der Waals surface area contributed by atoms with E-state index in [2.05, 4.69) is 4.98 Å². The zero-order valence-corrected chi connectivity index (χ0v) is 15.5. The van der Waals surface area contributed by atoms with E-state index in [9.17, 15) is 9.59 Å². The number of para-hydroxylation sites is 1. The largest absolute Gasteiger partial charge is 0.337 e. The van der Waals surface area contributed by atoms with Crippen molar-refractivity contribution in [2.24, 2.45) is 0 Å². The van der Waals surface area contributed by atoms with E-state index in [1.54, 1.807) is 39.9 Å². The molecule has 2 aromatic rings. The van der Waals surface area contributed by atoms with E-state index < -0.39 is 0 Å². The van der Waals surface area contributed by atoms with E-state index in [1.807, 2.05) is 31.2 Å². The van der Waals surface area contributed by atoms with Crippen LogP contribution in [0.5, 0.6) is 0 Å². The molecular formula is C17H21N3O2S2. The molecule has 1 aromatic heterocycles. The average molecular weight is 364 g/mol. The maximum atomic E-state index is 12.8. The van der Waals surface area contributed by atoms with Crippen molar-refractivity contribution < 1.29 is 9.59 Å². The zero-order chi connectivity index (χ0) is 17.1. The number of nitrogens with zero attached hydrogens (tertiary/aromatic N) is 3. The van der Waals surface area contributed by atoms with Crippen LogP contribution in [0, 0.1) is 0 Å². The van der Waals surface area contributed by atoms with Crippen molar-refractivity contribution in [3.05, 3.63) is 29.3 Å². The van der Waals surface area contributed by atoms with Crippen LogP contribution >= 0.6 is 23.1 Å². The molecule has 1 aromatic carbocycles. The number of rotatable bonds is 5. The summed E-state index contributed by atoms with van der Waals surface area (Å²) in [6, 6.07) is 7.64. The molecule has 0 aliphatic carbocycles. The minimum atomic E-state index is -0.339. The quantitative estimate of drug-likeness (QED) is 0.820. The van der Waals surface area contributed by atoms with Gasteiger partial charge in [-0.3, -0.25) is 9.59 Å². The van der Waals surface area contributed by atoms with Gasteiger partial charge in [-0.15, -0.1) is 23.1 Å². The Labute approximate surface area is 150 Å². The van der Waals surface area contributed by atoms with Crippen molar-refractivity contribution >= 4 is 45.1 Å². The molecule has 0 saturated carbocycles. The highest BCUT2D eigenvalue weighted by Crippen LogP contribution is 2.25. The summed E-state index contributed by atoms with van der Waals surface area (Å²) in [4.78, 5) is 33.0. The lowest BCUT2D eigenvalue weighted by Gasteiger charge is -2.27. The lowest BCUT2D eigenvalue weighted by Crippen LogP contribution is -2.47. The van der Waals surface area contributed by atoms with Gasteiger partial charge >= 0.3 is 0 Å². The van der Waals surface area contributed by atoms with Crippen LogP contribution in [0.3, 0.4) is 0 Å². The summed E-state index contributed by atoms with van der Waals surface area (Å²) in [7, 11) is 1.79. The number of carbonyl (C=O) groups is 2. The molecule has 2 amide bonds. The summed E-state index contributed by atoms with van der Waals surface area (Å²) >= 11 is 3.25. The summed E-state index contributed by atoms with van der Waals surface area (Å²) in [6.07, 6.45) is 1.31. The predicted octanol–water partition coefficient (Wildman–Crippen LogP) is 2.96. The van der Waals surface area contributed by atoms with E-state index in [4.69, 9.17) is 0 Å². The van der Waals surface area contributed by atoms with Crippen LogP contribution < -0.4 is 0 Å². The van der Waals surface area contributed by atoms with Crippen molar-refractivity contribution in [1.29, 1.82) is 0 Å². The molecule has 24 heavy (non-hydrogen) atoms. The molecular weight excluding hydrogens is 342 g/mol. The molecule has 1 aliphatic rings. The first-order valence-electron chi connectivity index (χ1n) is 8.06. The normalized spacial score (nSPS) is 17.4. The number of benzene rings is 1. The Bertz CT molecular complexity index is 713. The Morgan fingerprint density at radius 1 is 1.38 bits per heavy atom. The second-order valence-electron chi connectivity index (χ2n) is 5.90. The van der Waals surface area contributed by atoms with E-state index in [-0.39, 0.29) is 17.9 Å². The molecule has 0 N–H and O–H groups in total. The fourth-order valence-corrected chi connectivity index (χ4v) is 4.97. The molecule has 0 unspecified atom stereocenters. The smallest absolute Gasteiger partial charge is 0.246 e. The third-order valence-electron chi connectivity index (χ3n) is 4.04. The van der Waals surface area contributed by atoms with E-state index in [0.717, 1.165) is 21.6 Å². The van der Waals surface area contributed by atoms with Gasteiger partial charge < -0.3 is 9.80 Å². The Hall–Kier alpha value is -1.60. The number of aromatic nitrogens is 1. The fraction of sp³-hybridized carbons (Fsp3) is 0.471. The molecule has 128 valence electrons. The molecule has 0 radical (unpaired) electrons. The second-order valence-corrected chi connectivity index (χ2v) is 8.01. The van der Waals surface area contributed by atoms with Crippen molar-refractivity contribution in [3.8, 4) is 0 Å². The van der Waals surface area contributed by atoms with Gasteiger partial charge in [0.1, 0.15) is 11.0 Å². The molecule has 7 heteroatoms. The maximum Gasteiger partial charge on any atom is 0.246 e. The minimum absolute atomic E-state index is 0.00343. The van der Waals surface area contributed by atoms with Gasteiger partial charge in [0, 0.05) is 19.2 Å². The first-order valence-corrected chi connectivity index (χ1v) is 10.0. The van der Waals surface area contributed by atoms with E-state index >= 15 is 0 Å². The van der Waals surface area contributed by atoms with Gasteiger partial charge in [-0.05, 0) is 18.6 Å². The number of hydrogen-bond donors (Lipinski definition) is 0. The third-order valence-corrected chi connectivity index (χ3v) is 6.07. The first kappa shape index (κ1) is 17.2. The summed E-state index contributed by atoms with van der Waals surface area (Å²) in [6.45, 7) is 2.46.